The van der Waals surface area contributed by atoms with Gasteiger partial charge in [-0.25, -0.2) is 0 Å². The second-order valence-corrected chi connectivity index (χ2v) is 8.60. The van der Waals surface area contributed by atoms with Crippen molar-refractivity contribution in [1.82, 2.24) is 5.32 Å². The number of nitrogens with one attached hydrogen (secondary N) is 2. The highest BCUT2D eigenvalue weighted by molar-refractivity contribution is 7.98. The van der Waals surface area contributed by atoms with E-state index in [1.165, 1.54) is 12.1 Å². The molecule has 0 aromatic heterocycles. The minimum Gasteiger partial charge on any atom is -0.384 e. The molecule has 0 saturated carbocycles. The summed E-state index contributed by atoms with van der Waals surface area (Å²) in [5.41, 5.74) is 3.23. The van der Waals surface area contributed by atoms with Crippen LogP contribution in [0, 0.1) is 11.3 Å². The van der Waals surface area contributed by atoms with Crippen LogP contribution in [-0.2, 0) is 11.9 Å². The van der Waals surface area contributed by atoms with Gasteiger partial charge in [0.25, 0.3) is 0 Å². The lowest BCUT2D eigenvalue weighted by Gasteiger charge is -2.27. The van der Waals surface area contributed by atoms with E-state index in [0.717, 1.165) is 66.9 Å². The first-order chi connectivity index (χ1) is 14.0. The third-order valence-electron chi connectivity index (χ3n) is 5.56. The summed E-state index contributed by atoms with van der Waals surface area (Å²) in [5.74, 6) is 2.03. The van der Waals surface area contributed by atoms with E-state index in [2.05, 4.69) is 10.6 Å². The molecule has 2 aromatic rings. The first-order valence-corrected chi connectivity index (χ1v) is 10.9. The van der Waals surface area contributed by atoms with Gasteiger partial charge in [-0.1, -0.05) is 6.07 Å². The van der Waals surface area contributed by atoms with Crippen molar-refractivity contribution in [3.8, 4) is 17.2 Å². The van der Waals surface area contributed by atoms with E-state index in [9.17, 15) is 13.2 Å². The molecule has 2 aliphatic rings. The number of fused-ring (bicyclic) bond motifs is 1. The number of rotatable bonds is 2. The zero-order valence-electron chi connectivity index (χ0n) is 15.9. The van der Waals surface area contributed by atoms with Crippen LogP contribution in [0.15, 0.2) is 30.3 Å². The maximum absolute atomic E-state index is 13.8. The van der Waals surface area contributed by atoms with Crippen molar-refractivity contribution in [2.45, 2.75) is 30.7 Å². The van der Waals surface area contributed by atoms with Crippen LogP contribution in [0.2, 0.25) is 0 Å². The summed E-state index contributed by atoms with van der Waals surface area (Å²) in [5, 5.41) is 16.0. The van der Waals surface area contributed by atoms with Crippen molar-refractivity contribution in [3.05, 3.63) is 52.6 Å². The zero-order valence-corrected chi connectivity index (χ0v) is 16.7. The summed E-state index contributed by atoms with van der Waals surface area (Å²) >= 11 is 1.79. The summed E-state index contributed by atoms with van der Waals surface area (Å²) in [6.07, 6.45) is -2.44. The normalized spacial score (nSPS) is 19.6. The Balaban J connectivity index is 1.89. The second-order valence-electron chi connectivity index (χ2n) is 7.49. The first-order valence-electron chi connectivity index (χ1n) is 9.78. The summed E-state index contributed by atoms with van der Waals surface area (Å²) in [6, 6.07) is 9.48. The Labute approximate surface area is 172 Å². The Hall–Kier alpha value is -2.17. The topological polar surface area (TPSA) is 47.9 Å². The van der Waals surface area contributed by atoms with E-state index in [1.807, 2.05) is 18.2 Å². The van der Waals surface area contributed by atoms with Crippen molar-refractivity contribution in [2.24, 2.45) is 0 Å². The van der Waals surface area contributed by atoms with Gasteiger partial charge < -0.3 is 10.6 Å². The molecule has 1 atom stereocenters. The van der Waals surface area contributed by atoms with E-state index < -0.39 is 11.7 Å². The number of hydrogen-bond donors (Lipinski definition) is 2. The number of piperidine rings is 1. The predicted octanol–water partition coefficient (Wildman–Crippen LogP) is 5.37. The number of alkyl halides is 3. The maximum Gasteiger partial charge on any atom is 0.417 e. The summed E-state index contributed by atoms with van der Waals surface area (Å²) in [6.45, 7) is 2.68. The Morgan fingerprint density at radius 2 is 2.00 bits per heavy atom. The highest BCUT2D eigenvalue weighted by atomic mass is 32.2. The largest absolute Gasteiger partial charge is 0.417 e. The average molecular weight is 418 g/mol. The number of thioether (sulfide) groups is 1. The zero-order chi connectivity index (χ0) is 20.4. The minimum atomic E-state index is -4.52. The van der Waals surface area contributed by atoms with Gasteiger partial charge >= 0.3 is 6.18 Å². The third-order valence-corrected chi connectivity index (χ3v) is 6.57. The fourth-order valence-corrected chi connectivity index (χ4v) is 5.02. The number of benzene rings is 2. The molecule has 1 unspecified atom stereocenters. The van der Waals surface area contributed by atoms with E-state index in [-0.39, 0.29) is 17.0 Å². The van der Waals surface area contributed by atoms with Crippen molar-refractivity contribution in [1.29, 1.82) is 5.26 Å². The quantitative estimate of drug-likeness (QED) is 0.690. The van der Waals surface area contributed by atoms with Crippen LogP contribution in [0.5, 0.6) is 0 Å². The minimum absolute atomic E-state index is 0.0183. The molecule has 2 aromatic carbocycles. The van der Waals surface area contributed by atoms with Crippen LogP contribution in [-0.4, -0.2) is 25.4 Å². The molecule has 0 spiro atoms. The van der Waals surface area contributed by atoms with Gasteiger partial charge in [-0.15, -0.1) is 0 Å². The first kappa shape index (κ1) is 20.1. The smallest absolute Gasteiger partial charge is 0.384 e. The molecule has 2 aliphatic heterocycles. The van der Waals surface area contributed by atoms with Gasteiger partial charge in [-0.05, 0) is 71.8 Å². The van der Waals surface area contributed by atoms with E-state index in [4.69, 9.17) is 5.26 Å². The summed E-state index contributed by atoms with van der Waals surface area (Å²) in [7, 11) is 0. The molecule has 152 valence electrons. The number of halogens is 3. The van der Waals surface area contributed by atoms with Gasteiger partial charge in [0.15, 0.2) is 0 Å². The van der Waals surface area contributed by atoms with Gasteiger partial charge in [0.2, 0.25) is 0 Å². The fraction of sp³-hybridized carbons (Fsp3) is 0.409. The Kier molecular flexibility index (Phi) is 5.75. The van der Waals surface area contributed by atoms with Crippen LogP contribution in [0.4, 0.5) is 18.9 Å². The number of hydrogen-bond acceptors (Lipinski definition) is 4. The van der Waals surface area contributed by atoms with Crippen LogP contribution in [0.3, 0.4) is 0 Å². The molecule has 4 rings (SSSR count). The second kappa shape index (κ2) is 8.29. The number of nitrogens with zero attached hydrogens (tertiary/aromatic N) is 1. The van der Waals surface area contributed by atoms with E-state index >= 15 is 0 Å². The molecule has 1 saturated heterocycles. The molecule has 2 N–H and O–H groups in total. The van der Waals surface area contributed by atoms with E-state index in [0.29, 0.717) is 5.56 Å². The van der Waals surface area contributed by atoms with Crippen molar-refractivity contribution >= 4 is 17.4 Å². The monoisotopic (exact) mass is 417 g/mol. The fourth-order valence-electron chi connectivity index (χ4n) is 4.18. The van der Waals surface area contributed by atoms with Crippen LogP contribution >= 0.6 is 11.8 Å². The van der Waals surface area contributed by atoms with Gasteiger partial charge in [0.05, 0.1) is 17.2 Å². The SMILES string of the molecule is N#Cc1ccc(-c2cc3c(c(C4CCCNC4)c2)NCCSC3)c(C(F)(F)F)c1. The number of anilines is 1. The summed E-state index contributed by atoms with van der Waals surface area (Å²) < 4.78 is 41.3. The average Bonchev–Trinajstić information content (AvgIpc) is 2.98. The lowest BCUT2D eigenvalue weighted by Crippen LogP contribution is -2.29. The molecule has 7 heteroatoms. The Morgan fingerprint density at radius 1 is 1.14 bits per heavy atom. The highest BCUT2D eigenvalue weighted by Gasteiger charge is 2.34. The lowest BCUT2D eigenvalue weighted by atomic mass is 9.85. The molecular formula is C22H22F3N3S. The molecule has 0 aliphatic carbocycles. The van der Waals surface area contributed by atoms with Crippen LogP contribution in [0.1, 0.15) is 41.0 Å². The van der Waals surface area contributed by atoms with Crippen LogP contribution < -0.4 is 10.6 Å². The third kappa shape index (κ3) is 4.24. The summed E-state index contributed by atoms with van der Waals surface area (Å²) in [4.78, 5) is 0. The molecule has 2 heterocycles. The molecular weight excluding hydrogens is 395 g/mol. The van der Waals surface area contributed by atoms with Gasteiger partial charge in [-0.3, -0.25) is 0 Å². The molecule has 29 heavy (non-hydrogen) atoms. The molecule has 3 nitrogen and oxygen atoms in total. The lowest BCUT2D eigenvalue weighted by molar-refractivity contribution is -0.137. The van der Waals surface area contributed by atoms with Gasteiger partial charge in [0.1, 0.15) is 0 Å². The Morgan fingerprint density at radius 3 is 2.72 bits per heavy atom. The molecule has 0 amide bonds. The van der Waals surface area contributed by atoms with Crippen LogP contribution in [0.25, 0.3) is 11.1 Å². The molecule has 0 radical (unpaired) electrons. The predicted molar refractivity (Wildman–Crippen MR) is 111 cm³/mol. The van der Waals surface area contributed by atoms with E-state index in [1.54, 1.807) is 11.8 Å². The van der Waals surface area contributed by atoms with Crippen molar-refractivity contribution in [3.63, 3.8) is 0 Å². The molecule has 0 bridgehead atoms. The van der Waals surface area contributed by atoms with Crippen molar-refractivity contribution < 1.29 is 13.2 Å². The van der Waals surface area contributed by atoms with Gasteiger partial charge in [-0.2, -0.15) is 30.2 Å². The Bertz CT molecular complexity index is 944. The highest BCUT2D eigenvalue weighted by Crippen LogP contribution is 2.42. The standard InChI is InChI=1S/C22H22F3N3S/c23-22(24,25)20-8-14(11-26)3-4-18(20)16-9-17-13-29-7-6-28-21(17)19(10-16)15-2-1-5-27-12-15/h3-4,8-10,15,27-28H,1-2,5-7,12-13H2. The number of nitriles is 1. The van der Waals surface area contributed by atoms with Crippen molar-refractivity contribution in [2.75, 3.05) is 30.7 Å². The molecule has 1 fully saturated rings. The maximum atomic E-state index is 13.8. The van der Waals surface area contributed by atoms with Gasteiger partial charge in [0, 0.05) is 30.3 Å².